The number of primary amides is 1. The van der Waals surface area contributed by atoms with Crippen molar-refractivity contribution in [3.63, 3.8) is 0 Å². The molecular weight excluding hydrogens is 576 g/mol. The van der Waals surface area contributed by atoms with Crippen LogP contribution in [0.25, 0.3) is 11.4 Å². The number of aromatic amines is 2. The molecule has 218 valence electrons. The van der Waals surface area contributed by atoms with Crippen molar-refractivity contribution in [1.82, 2.24) is 24.5 Å². The van der Waals surface area contributed by atoms with Gasteiger partial charge in [0.05, 0.1) is 22.2 Å². The predicted octanol–water partition coefficient (Wildman–Crippen LogP) is 2.61. The maximum absolute atomic E-state index is 13.8. The van der Waals surface area contributed by atoms with Gasteiger partial charge in [0, 0.05) is 41.4 Å². The summed E-state index contributed by atoms with van der Waals surface area (Å²) in [4.78, 5) is 42.8. The zero-order valence-corrected chi connectivity index (χ0v) is 22.8. The van der Waals surface area contributed by atoms with Crippen LogP contribution < -0.4 is 11.1 Å². The Morgan fingerprint density at radius 3 is 2.40 bits per heavy atom. The lowest BCUT2D eigenvalue weighted by molar-refractivity contribution is 0.0690. The van der Waals surface area contributed by atoms with Crippen LogP contribution in [0.5, 0.6) is 0 Å². The minimum absolute atomic E-state index is 0.0413. The first kappa shape index (κ1) is 28.6. The highest BCUT2D eigenvalue weighted by Gasteiger charge is 2.41. The third kappa shape index (κ3) is 5.12. The third-order valence-corrected chi connectivity index (χ3v) is 8.53. The van der Waals surface area contributed by atoms with Gasteiger partial charge < -0.3 is 21.1 Å². The first-order valence-electron chi connectivity index (χ1n) is 12.2. The van der Waals surface area contributed by atoms with Crippen molar-refractivity contribution in [2.45, 2.75) is 30.7 Å². The van der Waals surface area contributed by atoms with Gasteiger partial charge in [0.1, 0.15) is 23.2 Å². The fraction of sp³-hybridized carbons (Fsp3) is 0.192. The highest BCUT2D eigenvalue weighted by Crippen LogP contribution is 2.38. The maximum Gasteiger partial charge on any atom is 0.353 e. The molecule has 0 radical (unpaired) electrons. The predicted molar refractivity (Wildman–Crippen MR) is 143 cm³/mol. The fourth-order valence-corrected chi connectivity index (χ4v) is 6.39. The Morgan fingerprint density at radius 1 is 1.10 bits per heavy atom. The second-order valence-corrected chi connectivity index (χ2v) is 12.2. The number of benzene rings is 2. The van der Waals surface area contributed by atoms with Gasteiger partial charge in [-0.2, -0.15) is 9.40 Å². The summed E-state index contributed by atoms with van der Waals surface area (Å²) in [6.45, 7) is 3.10. The molecule has 0 saturated carbocycles. The monoisotopic (exact) mass is 599 g/mol. The van der Waals surface area contributed by atoms with Crippen molar-refractivity contribution in [1.29, 1.82) is 0 Å². The lowest BCUT2D eigenvalue weighted by Gasteiger charge is -2.36. The molecule has 16 heteroatoms. The van der Waals surface area contributed by atoms with Crippen LogP contribution in [0.4, 0.5) is 14.6 Å². The molecule has 2 amide bonds. The molecule has 1 aliphatic rings. The summed E-state index contributed by atoms with van der Waals surface area (Å²) in [5.74, 6) is -5.01. The normalized spacial score (nSPS) is 14.8. The number of carbonyl (C=O) groups excluding carboxylic acids is 2. The topological polar surface area (TPSA) is 204 Å². The number of carboxylic acid groups (broad SMARTS) is 1. The first-order valence-corrected chi connectivity index (χ1v) is 13.7. The molecule has 6 N–H and O–H groups in total. The van der Waals surface area contributed by atoms with Crippen LogP contribution in [0, 0.1) is 11.6 Å². The molecule has 0 aliphatic carbocycles. The Hall–Kier alpha value is -4.96. The van der Waals surface area contributed by atoms with E-state index < -0.39 is 49.8 Å². The average Bonchev–Trinajstić information content (AvgIpc) is 3.56. The van der Waals surface area contributed by atoms with E-state index in [-0.39, 0.29) is 47.1 Å². The molecule has 42 heavy (non-hydrogen) atoms. The maximum atomic E-state index is 13.8. The average molecular weight is 600 g/mol. The summed E-state index contributed by atoms with van der Waals surface area (Å²) in [6.07, 6.45) is 1.09. The number of sulfonamides is 1. The van der Waals surface area contributed by atoms with Gasteiger partial charge in [-0.1, -0.05) is 19.9 Å². The van der Waals surface area contributed by atoms with Crippen LogP contribution in [0.15, 0.2) is 47.5 Å². The van der Waals surface area contributed by atoms with Gasteiger partial charge in [-0.25, -0.2) is 27.0 Å². The molecule has 0 atom stereocenters. The largest absolute Gasteiger partial charge is 0.477 e. The summed E-state index contributed by atoms with van der Waals surface area (Å²) >= 11 is 0. The number of aromatic nitrogens is 4. The summed E-state index contributed by atoms with van der Waals surface area (Å²) in [5.41, 5.74) is 5.20. The summed E-state index contributed by atoms with van der Waals surface area (Å²) in [5, 5.41) is 18.7. The van der Waals surface area contributed by atoms with Gasteiger partial charge in [0.15, 0.2) is 5.82 Å². The molecule has 13 nitrogen and oxygen atoms in total. The van der Waals surface area contributed by atoms with Gasteiger partial charge in [-0.05, 0) is 24.3 Å². The van der Waals surface area contributed by atoms with E-state index in [9.17, 15) is 31.6 Å². The quantitative estimate of drug-likeness (QED) is 0.213. The van der Waals surface area contributed by atoms with Crippen LogP contribution in [-0.4, -0.2) is 62.3 Å². The molecule has 0 unspecified atom stereocenters. The Balaban J connectivity index is 1.49. The molecule has 2 aromatic heterocycles. The molecule has 0 spiro atoms. The van der Waals surface area contributed by atoms with Crippen molar-refractivity contribution in [2.75, 3.05) is 11.9 Å². The highest BCUT2D eigenvalue weighted by molar-refractivity contribution is 7.89. The molecular formula is C26H23F2N7O6S. The van der Waals surface area contributed by atoms with Crippen LogP contribution in [0.2, 0.25) is 0 Å². The van der Waals surface area contributed by atoms with E-state index in [1.54, 1.807) is 13.8 Å². The standard InChI is InChI=1S/C26H23F2N7O6S/c1-26(2)11-35(42(40,41)15-7-13(27)6-14(28)8-15)10-18-20(26)33-34-23(18)32-24(37)17-5-12(3-4-16(17)21(29)36)22-30-9-19(31-22)25(38)39/h3-9H,10-11H2,1-2H3,(H2,29,36)(H,30,31)(H,38,39)(H2,32,33,34,37). The highest BCUT2D eigenvalue weighted by atomic mass is 32.2. The van der Waals surface area contributed by atoms with Gasteiger partial charge >= 0.3 is 5.97 Å². The van der Waals surface area contributed by atoms with Crippen molar-refractivity contribution >= 4 is 33.6 Å². The van der Waals surface area contributed by atoms with Gasteiger partial charge in [0.2, 0.25) is 15.9 Å². The van der Waals surface area contributed by atoms with E-state index >= 15 is 0 Å². The van der Waals surface area contributed by atoms with Crippen LogP contribution in [0.1, 0.15) is 56.3 Å². The number of H-pyrrole nitrogens is 2. The van der Waals surface area contributed by atoms with Gasteiger partial charge in [-0.15, -0.1) is 0 Å². The van der Waals surface area contributed by atoms with Gasteiger partial charge in [-0.3, -0.25) is 14.7 Å². The number of hydrogen-bond donors (Lipinski definition) is 5. The van der Waals surface area contributed by atoms with E-state index in [0.29, 0.717) is 17.3 Å². The molecule has 0 saturated heterocycles. The Kier molecular flexibility index (Phi) is 6.90. The van der Waals surface area contributed by atoms with Crippen molar-refractivity contribution in [2.24, 2.45) is 5.73 Å². The Labute approximate surface area is 236 Å². The zero-order chi connectivity index (χ0) is 30.6. The van der Waals surface area contributed by atoms with E-state index in [1.165, 1.54) is 18.2 Å². The number of halogens is 2. The van der Waals surface area contributed by atoms with E-state index in [2.05, 4.69) is 25.5 Å². The molecule has 5 rings (SSSR count). The number of fused-ring (bicyclic) bond motifs is 1. The fourth-order valence-electron chi connectivity index (χ4n) is 4.78. The van der Waals surface area contributed by atoms with E-state index in [0.717, 1.165) is 22.6 Å². The van der Waals surface area contributed by atoms with Crippen LogP contribution in [-0.2, 0) is 22.0 Å². The molecule has 1 aliphatic heterocycles. The lowest BCUT2D eigenvalue weighted by atomic mass is 9.84. The Bertz CT molecular complexity index is 1860. The lowest BCUT2D eigenvalue weighted by Crippen LogP contribution is -2.45. The number of rotatable bonds is 7. The summed E-state index contributed by atoms with van der Waals surface area (Å²) in [7, 11) is -4.37. The van der Waals surface area contributed by atoms with Crippen molar-refractivity contribution < 1.29 is 36.7 Å². The first-order chi connectivity index (χ1) is 19.7. The second-order valence-electron chi connectivity index (χ2n) is 10.2. The molecule has 2 aromatic carbocycles. The molecule has 4 aromatic rings. The zero-order valence-electron chi connectivity index (χ0n) is 22.0. The minimum atomic E-state index is -4.37. The number of hydrogen-bond acceptors (Lipinski definition) is 7. The summed E-state index contributed by atoms with van der Waals surface area (Å²) < 4.78 is 55.5. The minimum Gasteiger partial charge on any atom is -0.477 e. The number of carbonyl (C=O) groups is 3. The summed E-state index contributed by atoms with van der Waals surface area (Å²) in [6, 6.07) is 6.00. The number of nitrogens with zero attached hydrogens (tertiary/aromatic N) is 3. The number of anilines is 1. The number of aromatic carboxylic acids is 1. The number of nitrogens with one attached hydrogen (secondary N) is 3. The van der Waals surface area contributed by atoms with Crippen LogP contribution in [0.3, 0.4) is 0 Å². The van der Waals surface area contributed by atoms with E-state index in [4.69, 9.17) is 10.8 Å². The molecule has 0 bridgehead atoms. The number of carboxylic acids is 1. The van der Waals surface area contributed by atoms with Gasteiger partial charge in [0.25, 0.3) is 5.91 Å². The van der Waals surface area contributed by atoms with E-state index in [1.807, 2.05) is 0 Å². The molecule has 0 fully saturated rings. The second kappa shape index (κ2) is 10.1. The number of amides is 2. The SMILES string of the molecule is CC1(C)CN(S(=O)(=O)c2cc(F)cc(F)c2)Cc2c(NC(=O)c3cc(-c4ncc(C(=O)O)[nH]4)ccc3C(N)=O)n[nH]c21. The van der Waals surface area contributed by atoms with Crippen molar-refractivity contribution in [3.05, 3.63) is 82.3 Å². The smallest absolute Gasteiger partial charge is 0.353 e. The van der Waals surface area contributed by atoms with Crippen molar-refractivity contribution in [3.8, 4) is 11.4 Å². The van der Waals surface area contributed by atoms with Crippen LogP contribution >= 0.6 is 0 Å². The molecule has 3 heterocycles. The number of nitrogens with two attached hydrogens (primary N) is 1. The number of imidazole rings is 1. The third-order valence-electron chi connectivity index (χ3n) is 6.77. The Morgan fingerprint density at radius 2 is 1.79 bits per heavy atom.